The minimum Gasteiger partial charge on any atom is -0.480 e. The fourth-order valence-corrected chi connectivity index (χ4v) is 3.09. The number of para-hydroxylation sites is 1. The molecule has 0 unspecified atom stereocenters. The van der Waals surface area contributed by atoms with Crippen LogP contribution in [0.2, 0.25) is 0 Å². The molecule has 0 saturated heterocycles. The molecule has 2 aromatic carbocycles. The van der Waals surface area contributed by atoms with E-state index in [-0.39, 0.29) is 11.1 Å². The van der Waals surface area contributed by atoms with Crippen LogP contribution in [-0.4, -0.2) is 33.5 Å². The van der Waals surface area contributed by atoms with Crippen molar-refractivity contribution in [1.29, 1.82) is 0 Å². The second-order valence-electron chi connectivity index (χ2n) is 6.14. The molecule has 0 aliphatic rings. The van der Waals surface area contributed by atoms with Crippen molar-refractivity contribution in [3.05, 3.63) is 70.6 Å². The average molecular weight is 361 g/mol. The highest BCUT2D eigenvalue weighted by Gasteiger charge is 2.12. The Morgan fingerprint density at radius 2 is 1.81 bits per heavy atom. The van der Waals surface area contributed by atoms with Crippen LogP contribution in [0.1, 0.15) is 10.4 Å². The van der Waals surface area contributed by atoms with Crippen molar-refractivity contribution in [3.8, 4) is 11.1 Å². The Morgan fingerprint density at radius 1 is 1.00 bits per heavy atom. The maximum atomic E-state index is 12.6. The van der Waals surface area contributed by atoms with Gasteiger partial charge in [-0.3, -0.25) is 14.4 Å². The quantitative estimate of drug-likeness (QED) is 0.447. The van der Waals surface area contributed by atoms with E-state index >= 15 is 0 Å². The van der Waals surface area contributed by atoms with E-state index in [0.717, 1.165) is 21.9 Å². The highest BCUT2D eigenvalue weighted by molar-refractivity contribution is 6.00. The second kappa shape index (κ2) is 6.45. The number of amides is 1. The Balaban J connectivity index is 1.76. The van der Waals surface area contributed by atoms with Crippen LogP contribution in [0.25, 0.3) is 32.9 Å². The van der Waals surface area contributed by atoms with Gasteiger partial charge in [0.05, 0.1) is 0 Å². The van der Waals surface area contributed by atoms with Gasteiger partial charge in [0.15, 0.2) is 0 Å². The molecule has 7 heteroatoms. The predicted molar refractivity (Wildman–Crippen MR) is 102 cm³/mol. The summed E-state index contributed by atoms with van der Waals surface area (Å²) in [5, 5.41) is 12.7. The van der Waals surface area contributed by atoms with Crippen molar-refractivity contribution < 1.29 is 14.7 Å². The molecule has 0 aliphatic heterocycles. The number of hydrogen-bond acceptors (Lipinski definition) is 3. The first-order valence-electron chi connectivity index (χ1n) is 8.26. The molecule has 0 bridgehead atoms. The van der Waals surface area contributed by atoms with E-state index in [1.54, 1.807) is 24.4 Å². The molecule has 7 nitrogen and oxygen atoms in total. The summed E-state index contributed by atoms with van der Waals surface area (Å²) in [4.78, 5) is 41.2. The fraction of sp³-hybridized carbons (Fsp3) is 0.0500. The Bertz CT molecular complexity index is 1250. The standard InChI is InChI=1S/C20H15N3O4/c24-18(25)10-22-19(26)12-6-5-11-7-14(20(27)23-17(11)8-12)15-9-21-16-4-2-1-3-13(15)16/h1-9,21H,10H2,(H,22,26)(H,23,27)(H,24,25). The average Bonchev–Trinajstić information content (AvgIpc) is 3.09. The van der Waals surface area contributed by atoms with Crippen LogP contribution in [0.5, 0.6) is 0 Å². The molecule has 1 amide bonds. The third-order valence-corrected chi connectivity index (χ3v) is 4.39. The largest absolute Gasteiger partial charge is 0.480 e. The molecule has 2 heterocycles. The zero-order valence-electron chi connectivity index (χ0n) is 14.1. The number of carboxylic acid groups (broad SMARTS) is 1. The number of fused-ring (bicyclic) bond motifs is 2. The van der Waals surface area contributed by atoms with Gasteiger partial charge in [-0.2, -0.15) is 0 Å². The normalized spacial score (nSPS) is 11.0. The Morgan fingerprint density at radius 3 is 2.63 bits per heavy atom. The third-order valence-electron chi connectivity index (χ3n) is 4.39. The van der Waals surface area contributed by atoms with Crippen LogP contribution in [0.15, 0.2) is 59.5 Å². The third kappa shape index (κ3) is 3.06. The van der Waals surface area contributed by atoms with Crippen LogP contribution in [0.3, 0.4) is 0 Å². The van der Waals surface area contributed by atoms with Gasteiger partial charge in [-0.15, -0.1) is 0 Å². The predicted octanol–water partition coefficient (Wildman–Crippen LogP) is 2.49. The summed E-state index contributed by atoms with van der Waals surface area (Å²) >= 11 is 0. The van der Waals surface area contributed by atoms with E-state index in [1.807, 2.05) is 24.3 Å². The molecule has 2 aromatic heterocycles. The summed E-state index contributed by atoms with van der Waals surface area (Å²) < 4.78 is 0. The number of rotatable bonds is 4. The van der Waals surface area contributed by atoms with E-state index in [0.29, 0.717) is 11.1 Å². The van der Waals surface area contributed by atoms with Crippen molar-refractivity contribution >= 4 is 33.7 Å². The SMILES string of the molecule is O=C(O)CNC(=O)c1ccc2cc(-c3c[nH]c4ccccc34)c(=O)[nH]c2c1. The Labute approximate surface area is 152 Å². The van der Waals surface area contributed by atoms with E-state index < -0.39 is 18.4 Å². The maximum absolute atomic E-state index is 12.6. The van der Waals surface area contributed by atoms with E-state index in [2.05, 4.69) is 15.3 Å². The van der Waals surface area contributed by atoms with Crippen molar-refractivity contribution in [2.75, 3.05) is 6.54 Å². The lowest BCUT2D eigenvalue weighted by Crippen LogP contribution is -2.29. The summed E-state index contributed by atoms with van der Waals surface area (Å²) in [7, 11) is 0. The van der Waals surface area contributed by atoms with Crippen molar-refractivity contribution in [2.24, 2.45) is 0 Å². The molecule has 134 valence electrons. The number of nitrogens with one attached hydrogen (secondary N) is 3. The van der Waals surface area contributed by atoms with Crippen LogP contribution in [0, 0.1) is 0 Å². The number of pyridine rings is 1. The summed E-state index contributed by atoms with van der Waals surface area (Å²) in [6, 6.07) is 14.4. The van der Waals surface area contributed by atoms with E-state index in [4.69, 9.17) is 5.11 Å². The zero-order chi connectivity index (χ0) is 19.0. The highest BCUT2D eigenvalue weighted by Crippen LogP contribution is 2.27. The van der Waals surface area contributed by atoms with Crippen molar-refractivity contribution in [3.63, 3.8) is 0 Å². The summed E-state index contributed by atoms with van der Waals surface area (Å²) in [5.41, 5.74) is 2.79. The van der Waals surface area contributed by atoms with Crippen LogP contribution in [-0.2, 0) is 4.79 Å². The number of H-pyrrole nitrogens is 2. The molecule has 0 radical (unpaired) electrons. The van der Waals surface area contributed by atoms with Crippen molar-refractivity contribution in [2.45, 2.75) is 0 Å². The number of hydrogen-bond donors (Lipinski definition) is 4. The second-order valence-corrected chi connectivity index (χ2v) is 6.14. The van der Waals surface area contributed by atoms with Gasteiger partial charge in [0.2, 0.25) is 0 Å². The van der Waals surface area contributed by atoms with Gasteiger partial charge in [0, 0.05) is 39.3 Å². The van der Waals surface area contributed by atoms with Gasteiger partial charge in [0.25, 0.3) is 11.5 Å². The maximum Gasteiger partial charge on any atom is 0.322 e. The van der Waals surface area contributed by atoms with E-state index in [1.165, 1.54) is 6.07 Å². The molecule has 27 heavy (non-hydrogen) atoms. The number of aromatic amines is 2. The van der Waals surface area contributed by atoms with Crippen LogP contribution >= 0.6 is 0 Å². The monoisotopic (exact) mass is 361 g/mol. The molecule has 0 spiro atoms. The molecule has 4 N–H and O–H groups in total. The van der Waals surface area contributed by atoms with Crippen LogP contribution in [0.4, 0.5) is 0 Å². The molecule has 0 aliphatic carbocycles. The van der Waals surface area contributed by atoms with E-state index in [9.17, 15) is 14.4 Å². The number of carboxylic acids is 1. The number of benzene rings is 2. The zero-order valence-corrected chi connectivity index (χ0v) is 14.1. The highest BCUT2D eigenvalue weighted by atomic mass is 16.4. The minimum absolute atomic E-state index is 0.268. The molecule has 0 atom stereocenters. The van der Waals surface area contributed by atoms with Gasteiger partial charge in [0.1, 0.15) is 6.54 Å². The van der Waals surface area contributed by atoms with Crippen LogP contribution < -0.4 is 10.9 Å². The van der Waals surface area contributed by atoms with Gasteiger partial charge in [-0.25, -0.2) is 0 Å². The fourth-order valence-electron chi connectivity index (χ4n) is 3.09. The molecule has 4 aromatic rings. The summed E-state index contributed by atoms with van der Waals surface area (Å²) in [6.07, 6.45) is 1.80. The lowest BCUT2D eigenvalue weighted by Gasteiger charge is -2.06. The molecule has 0 saturated carbocycles. The van der Waals surface area contributed by atoms with Gasteiger partial charge in [-0.05, 0) is 29.7 Å². The van der Waals surface area contributed by atoms with Gasteiger partial charge >= 0.3 is 5.97 Å². The summed E-state index contributed by atoms with van der Waals surface area (Å²) in [5.74, 6) is -1.64. The van der Waals surface area contributed by atoms with Crippen molar-refractivity contribution in [1.82, 2.24) is 15.3 Å². The number of carbonyl (C=O) groups is 2. The van der Waals surface area contributed by atoms with Gasteiger partial charge in [-0.1, -0.05) is 24.3 Å². The first-order chi connectivity index (χ1) is 13.0. The molecule has 0 fully saturated rings. The summed E-state index contributed by atoms with van der Waals surface area (Å²) in [6.45, 7) is -0.465. The topological polar surface area (TPSA) is 115 Å². The number of aromatic nitrogens is 2. The smallest absolute Gasteiger partial charge is 0.322 e. The first kappa shape index (κ1) is 16.6. The first-order valence-corrected chi connectivity index (χ1v) is 8.26. The lowest BCUT2D eigenvalue weighted by atomic mass is 10.0. The Hall–Kier alpha value is -3.87. The molecular formula is C20H15N3O4. The van der Waals surface area contributed by atoms with Gasteiger partial charge < -0.3 is 20.4 Å². The molecular weight excluding hydrogens is 346 g/mol. The lowest BCUT2D eigenvalue weighted by molar-refractivity contribution is -0.135. The molecule has 4 rings (SSSR count). The number of carbonyl (C=O) groups excluding carboxylic acids is 1. The Kier molecular flexibility index (Phi) is 3.97. The minimum atomic E-state index is -1.12. The number of aliphatic carboxylic acids is 1.